The van der Waals surface area contributed by atoms with E-state index in [1.165, 1.54) is 6.08 Å². The van der Waals surface area contributed by atoms with Gasteiger partial charge in [0.25, 0.3) is 0 Å². The summed E-state index contributed by atoms with van der Waals surface area (Å²) in [5.41, 5.74) is 1.60. The maximum Gasteiger partial charge on any atom is 0.412 e. The van der Waals surface area contributed by atoms with Gasteiger partial charge in [-0.15, -0.1) is 0 Å². The third-order valence-corrected chi connectivity index (χ3v) is 3.64. The predicted molar refractivity (Wildman–Crippen MR) is 77.3 cm³/mol. The molecule has 1 aromatic heterocycles. The van der Waals surface area contributed by atoms with E-state index in [0.717, 1.165) is 30.2 Å². The largest absolute Gasteiger partial charge is 0.412 e. The van der Waals surface area contributed by atoms with Crippen LogP contribution >= 0.6 is 0 Å². The fraction of sp³-hybridized carbons (Fsp3) is 0.533. The van der Waals surface area contributed by atoms with Crippen LogP contribution in [0.25, 0.3) is 0 Å². The van der Waals surface area contributed by atoms with Crippen LogP contribution in [-0.2, 0) is 6.54 Å². The summed E-state index contributed by atoms with van der Waals surface area (Å²) < 4.78 is 37.8. The minimum atomic E-state index is -4.20. The van der Waals surface area contributed by atoms with Gasteiger partial charge in [0.2, 0.25) is 0 Å². The van der Waals surface area contributed by atoms with Crippen LogP contribution in [0, 0.1) is 6.92 Å². The van der Waals surface area contributed by atoms with Crippen molar-refractivity contribution in [3.63, 3.8) is 0 Å². The standard InChI is InChI=1S/C15H20F3N3/c1-3-19-10-12-4-5-14(20-11(12)2)21-8-6-13(7-9-21)15(16,17)18/h4-6,19H,3,7-10H2,1-2H3. The van der Waals surface area contributed by atoms with E-state index in [4.69, 9.17) is 0 Å². The molecule has 21 heavy (non-hydrogen) atoms. The number of nitrogens with zero attached hydrogens (tertiary/aromatic N) is 2. The smallest absolute Gasteiger partial charge is 0.353 e. The quantitative estimate of drug-likeness (QED) is 0.865. The number of anilines is 1. The second-order valence-electron chi connectivity index (χ2n) is 5.12. The van der Waals surface area contributed by atoms with Crippen LogP contribution in [-0.4, -0.2) is 30.8 Å². The first kappa shape index (κ1) is 15.8. The lowest BCUT2D eigenvalue weighted by Crippen LogP contribution is -2.32. The van der Waals surface area contributed by atoms with E-state index in [1.807, 2.05) is 30.9 Å². The van der Waals surface area contributed by atoms with Crippen molar-refractivity contribution < 1.29 is 13.2 Å². The highest BCUT2D eigenvalue weighted by molar-refractivity contribution is 5.44. The number of rotatable bonds is 4. The van der Waals surface area contributed by atoms with Gasteiger partial charge in [-0.05, 0) is 31.5 Å². The second kappa shape index (κ2) is 6.47. The van der Waals surface area contributed by atoms with Gasteiger partial charge in [-0.25, -0.2) is 4.98 Å². The molecule has 0 spiro atoms. The van der Waals surface area contributed by atoms with E-state index in [9.17, 15) is 13.2 Å². The van der Waals surface area contributed by atoms with E-state index in [2.05, 4.69) is 10.3 Å². The number of hydrogen-bond acceptors (Lipinski definition) is 3. The van der Waals surface area contributed by atoms with Gasteiger partial charge in [-0.1, -0.05) is 19.1 Å². The molecule has 3 nitrogen and oxygen atoms in total. The Kier molecular flexibility index (Phi) is 4.88. The number of hydrogen-bond donors (Lipinski definition) is 1. The van der Waals surface area contributed by atoms with Crippen LogP contribution in [0.2, 0.25) is 0 Å². The van der Waals surface area contributed by atoms with Gasteiger partial charge in [0.15, 0.2) is 0 Å². The Morgan fingerprint density at radius 1 is 1.33 bits per heavy atom. The summed E-state index contributed by atoms with van der Waals surface area (Å²) in [5, 5.41) is 3.24. The minimum Gasteiger partial charge on any atom is -0.353 e. The molecule has 0 bridgehead atoms. The Morgan fingerprint density at radius 2 is 2.10 bits per heavy atom. The molecule has 0 unspecified atom stereocenters. The zero-order valence-electron chi connectivity index (χ0n) is 12.3. The summed E-state index contributed by atoms with van der Waals surface area (Å²) in [6, 6.07) is 3.87. The van der Waals surface area contributed by atoms with E-state index >= 15 is 0 Å². The molecule has 1 aromatic rings. The zero-order chi connectivity index (χ0) is 15.5. The zero-order valence-corrected chi connectivity index (χ0v) is 12.3. The normalized spacial score (nSPS) is 16.0. The Morgan fingerprint density at radius 3 is 2.62 bits per heavy atom. The van der Waals surface area contributed by atoms with Crippen molar-refractivity contribution in [2.45, 2.75) is 33.0 Å². The van der Waals surface area contributed by atoms with Gasteiger partial charge in [0.05, 0.1) is 0 Å². The molecule has 1 aliphatic heterocycles. The molecule has 0 amide bonds. The van der Waals surface area contributed by atoms with Crippen molar-refractivity contribution in [1.82, 2.24) is 10.3 Å². The van der Waals surface area contributed by atoms with Crippen LogP contribution < -0.4 is 10.2 Å². The molecular weight excluding hydrogens is 279 g/mol. The number of alkyl halides is 3. The summed E-state index contributed by atoms with van der Waals surface area (Å²) >= 11 is 0. The van der Waals surface area contributed by atoms with Crippen molar-refractivity contribution in [2.75, 3.05) is 24.5 Å². The van der Waals surface area contributed by atoms with Crippen LogP contribution in [0.1, 0.15) is 24.6 Å². The van der Waals surface area contributed by atoms with E-state index in [0.29, 0.717) is 6.54 Å². The predicted octanol–water partition coefficient (Wildman–Crippen LogP) is 3.20. The summed E-state index contributed by atoms with van der Waals surface area (Å²) in [5.74, 6) is 0.741. The molecule has 0 aliphatic carbocycles. The molecule has 116 valence electrons. The lowest BCUT2D eigenvalue weighted by atomic mass is 10.1. The monoisotopic (exact) mass is 299 g/mol. The summed E-state index contributed by atoms with van der Waals surface area (Å²) in [6.07, 6.45) is -2.93. The molecular formula is C15H20F3N3. The number of nitrogens with one attached hydrogen (secondary N) is 1. The Balaban J connectivity index is 2.07. The van der Waals surface area contributed by atoms with E-state index in [1.54, 1.807) is 0 Å². The minimum absolute atomic E-state index is 0.0172. The first-order valence-electron chi connectivity index (χ1n) is 7.10. The molecule has 0 radical (unpaired) electrons. The van der Waals surface area contributed by atoms with Crippen LogP contribution in [0.5, 0.6) is 0 Å². The Hall–Kier alpha value is -1.56. The van der Waals surface area contributed by atoms with Gasteiger partial charge >= 0.3 is 6.18 Å². The van der Waals surface area contributed by atoms with Crippen LogP contribution in [0.4, 0.5) is 19.0 Å². The van der Waals surface area contributed by atoms with Gasteiger partial charge in [0.1, 0.15) is 5.82 Å². The molecule has 2 heterocycles. The van der Waals surface area contributed by atoms with Gasteiger partial charge < -0.3 is 10.2 Å². The molecule has 6 heteroatoms. The van der Waals surface area contributed by atoms with Gasteiger partial charge in [0, 0.05) is 30.9 Å². The van der Waals surface area contributed by atoms with E-state index < -0.39 is 11.7 Å². The first-order chi connectivity index (χ1) is 9.91. The molecule has 0 aromatic carbocycles. The average molecular weight is 299 g/mol. The van der Waals surface area contributed by atoms with E-state index in [-0.39, 0.29) is 13.0 Å². The first-order valence-corrected chi connectivity index (χ1v) is 7.10. The highest BCUT2D eigenvalue weighted by atomic mass is 19.4. The SMILES string of the molecule is CCNCc1ccc(N2CC=C(C(F)(F)F)CC2)nc1C. The molecule has 0 atom stereocenters. The fourth-order valence-corrected chi connectivity index (χ4v) is 2.33. The number of aromatic nitrogens is 1. The maximum absolute atomic E-state index is 12.6. The Bertz CT molecular complexity index is 523. The maximum atomic E-state index is 12.6. The third-order valence-electron chi connectivity index (χ3n) is 3.64. The molecule has 0 fully saturated rings. The third kappa shape index (κ3) is 3.97. The highest BCUT2D eigenvalue weighted by Crippen LogP contribution is 2.31. The lowest BCUT2D eigenvalue weighted by Gasteiger charge is -2.28. The van der Waals surface area contributed by atoms with Crippen molar-refractivity contribution >= 4 is 5.82 Å². The number of pyridine rings is 1. The summed E-state index contributed by atoms with van der Waals surface area (Å²) in [4.78, 5) is 6.39. The number of aryl methyl sites for hydroxylation is 1. The second-order valence-corrected chi connectivity index (χ2v) is 5.12. The van der Waals surface area contributed by atoms with Crippen molar-refractivity contribution in [1.29, 1.82) is 0 Å². The fourth-order valence-electron chi connectivity index (χ4n) is 2.33. The number of halogens is 3. The van der Waals surface area contributed by atoms with Gasteiger partial charge in [-0.3, -0.25) is 0 Å². The topological polar surface area (TPSA) is 28.2 Å². The molecule has 1 aliphatic rings. The van der Waals surface area contributed by atoms with Crippen molar-refractivity contribution in [3.8, 4) is 0 Å². The van der Waals surface area contributed by atoms with Gasteiger partial charge in [-0.2, -0.15) is 13.2 Å². The Labute approximate surface area is 122 Å². The summed E-state index contributed by atoms with van der Waals surface area (Å²) in [7, 11) is 0. The highest BCUT2D eigenvalue weighted by Gasteiger charge is 2.34. The summed E-state index contributed by atoms with van der Waals surface area (Å²) in [6.45, 7) is 6.22. The molecule has 0 saturated carbocycles. The van der Waals surface area contributed by atoms with Crippen molar-refractivity contribution in [3.05, 3.63) is 35.0 Å². The average Bonchev–Trinajstić information content (AvgIpc) is 2.45. The lowest BCUT2D eigenvalue weighted by molar-refractivity contribution is -0.0944. The molecule has 0 saturated heterocycles. The molecule has 2 rings (SSSR count). The van der Waals surface area contributed by atoms with Crippen LogP contribution in [0.3, 0.4) is 0 Å². The molecule has 1 N–H and O–H groups in total. The van der Waals surface area contributed by atoms with Crippen LogP contribution in [0.15, 0.2) is 23.8 Å². The van der Waals surface area contributed by atoms with Crippen molar-refractivity contribution in [2.24, 2.45) is 0 Å².